The Hall–Kier alpha value is -2.81. The maximum Gasteiger partial charge on any atom is 0.269 e. The summed E-state index contributed by atoms with van der Waals surface area (Å²) in [5, 5.41) is -0.733. The number of aromatic nitrogens is 2. The lowest BCUT2D eigenvalue weighted by molar-refractivity contribution is -0.118. The predicted molar refractivity (Wildman–Crippen MR) is 98.6 cm³/mol. The van der Waals surface area contributed by atoms with Crippen LogP contribution in [0, 0.1) is 17.0 Å². The van der Waals surface area contributed by atoms with E-state index in [0.717, 1.165) is 31.4 Å². The standard InChI is InChI=1S/C18H16ClF2N5O2/c19-11-9(20)3-2-8(12(11)21)14-13(22)15(16(23)28)25-17(24-14)26-7-18(4-1-5-18)6-10(26)27/h2-3H,1,4-7,22H2,(H2,23,28). The smallest absolute Gasteiger partial charge is 0.269 e. The van der Waals surface area contributed by atoms with Crippen LogP contribution >= 0.6 is 11.6 Å². The number of anilines is 2. The van der Waals surface area contributed by atoms with Gasteiger partial charge in [-0.15, -0.1) is 0 Å². The number of nitrogens with zero attached hydrogens (tertiary/aromatic N) is 3. The minimum atomic E-state index is -1.09. The van der Waals surface area contributed by atoms with Gasteiger partial charge in [-0.25, -0.2) is 18.7 Å². The maximum atomic E-state index is 14.5. The number of amides is 2. The third-order valence-electron chi connectivity index (χ3n) is 5.43. The first-order valence-corrected chi connectivity index (χ1v) is 9.02. The van der Waals surface area contributed by atoms with Gasteiger partial charge in [-0.05, 0) is 30.4 Å². The normalized spacial score (nSPS) is 17.8. The molecule has 10 heteroatoms. The van der Waals surface area contributed by atoms with Crippen molar-refractivity contribution >= 4 is 35.1 Å². The van der Waals surface area contributed by atoms with Crippen LogP contribution in [0.2, 0.25) is 5.02 Å². The largest absolute Gasteiger partial charge is 0.395 e. The lowest BCUT2D eigenvalue weighted by Gasteiger charge is -2.37. The third-order valence-corrected chi connectivity index (χ3v) is 5.78. The molecule has 146 valence electrons. The Labute approximate surface area is 163 Å². The first kappa shape index (κ1) is 18.5. The minimum Gasteiger partial charge on any atom is -0.395 e. The summed E-state index contributed by atoms with van der Waals surface area (Å²) >= 11 is 5.65. The van der Waals surface area contributed by atoms with E-state index in [1.165, 1.54) is 4.90 Å². The van der Waals surface area contributed by atoms with Gasteiger partial charge >= 0.3 is 0 Å². The Morgan fingerprint density at radius 1 is 1.25 bits per heavy atom. The van der Waals surface area contributed by atoms with Gasteiger partial charge in [0.05, 0.1) is 5.69 Å². The molecule has 1 aromatic carbocycles. The van der Waals surface area contributed by atoms with E-state index in [0.29, 0.717) is 13.0 Å². The molecule has 0 radical (unpaired) electrons. The Morgan fingerprint density at radius 3 is 2.54 bits per heavy atom. The van der Waals surface area contributed by atoms with E-state index in [1.54, 1.807) is 0 Å². The molecule has 1 spiro atoms. The van der Waals surface area contributed by atoms with Crippen molar-refractivity contribution in [3.8, 4) is 11.3 Å². The Balaban J connectivity index is 1.87. The molecule has 1 aliphatic heterocycles. The molecule has 1 aromatic heterocycles. The topological polar surface area (TPSA) is 115 Å². The zero-order chi connectivity index (χ0) is 20.2. The fraction of sp³-hybridized carbons (Fsp3) is 0.333. The number of carbonyl (C=O) groups excluding carboxylic acids is 2. The van der Waals surface area contributed by atoms with Crippen LogP contribution in [-0.4, -0.2) is 28.3 Å². The van der Waals surface area contributed by atoms with Crippen LogP contribution in [0.4, 0.5) is 20.4 Å². The molecule has 0 bridgehead atoms. The summed E-state index contributed by atoms with van der Waals surface area (Å²) in [5.74, 6) is -3.28. The number of nitrogens with two attached hydrogens (primary N) is 2. The van der Waals surface area contributed by atoms with Gasteiger partial charge in [-0.1, -0.05) is 18.0 Å². The van der Waals surface area contributed by atoms with Crippen molar-refractivity contribution in [2.45, 2.75) is 25.7 Å². The monoisotopic (exact) mass is 407 g/mol. The van der Waals surface area contributed by atoms with Crippen LogP contribution < -0.4 is 16.4 Å². The van der Waals surface area contributed by atoms with E-state index in [2.05, 4.69) is 9.97 Å². The first-order chi connectivity index (χ1) is 13.2. The zero-order valence-electron chi connectivity index (χ0n) is 14.6. The number of nitrogen functional groups attached to an aromatic ring is 1. The Bertz CT molecular complexity index is 1030. The summed E-state index contributed by atoms with van der Waals surface area (Å²) in [5.41, 5.74) is 10.2. The summed E-state index contributed by atoms with van der Waals surface area (Å²) < 4.78 is 28.1. The molecule has 4 N–H and O–H groups in total. The molecule has 2 amide bonds. The lowest BCUT2D eigenvalue weighted by Crippen LogP contribution is -2.34. The maximum absolute atomic E-state index is 14.5. The van der Waals surface area contributed by atoms with Crippen LogP contribution in [0.3, 0.4) is 0 Å². The van der Waals surface area contributed by atoms with Gasteiger partial charge in [-0.3, -0.25) is 14.5 Å². The highest BCUT2D eigenvalue weighted by atomic mass is 35.5. The summed E-state index contributed by atoms with van der Waals surface area (Å²) in [6, 6.07) is 2.05. The van der Waals surface area contributed by atoms with Crippen LogP contribution in [0.1, 0.15) is 36.2 Å². The molecule has 4 rings (SSSR count). The molecule has 1 saturated heterocycles. The molecule has 0 unspecified atom stereocenters. The van der Waals surface area contributed by atoms with Crippen LogP contribution in [0.5, 0.6) is 0 Å². The van der Waals surface area contributed by atoms with E-state index >= 15 is 0 Å². The average molecular weight is 408 g/mol. The van der Waals surface area contributed by atoms with Crippen molar-refractivity contribution in [2.24, 2.45) is 11.1 Å². The molecule has 2 fully saturated rings. The number of carbonyl (C=O) groups is 2. The molecular weight excluding hydrogens is 392 g/mol. The molecule has 2 aliphatic rings. The Morgan fingerprint density at radius 2 is 1.96 bits per heavy atom. The molecule has 2 heterocycles. The minimum absolute atomic E-state index is 0.0911. The van der Waals surface area contributed by atoms with Gasteiger partial charge in [0, 0.05) is 18.5 Å². The van der Waals surface area contributed by atoms with Crippen molar-refractivity contribution in [1.29, 1.82) is 0 Å². The van der Waals surface area contributed by atoms with E-state index in [1.807, 2.05) is 0 Å². The predicted octanol–water partition coefficient (Wildman–Crippen LogP) is 2.66. The molecule has 1 saturated carbocycles. The number of hydrogen-bond acceptors (Lipinski definition) is 5. The third kappa shape index (κ3) is 2.77. The highest BCUT2D eigenvalue weighted by Gasteiger charge is 2.48. The van der Waals surface area contributed by atoms with E-state index in [-0.39, 0.29) is 39.9 Å². The van der Waals surface area contributed by atoms with Crippen molar-refractivity contribution in [3.63, 3.8) is 0 Å². The van der Waals surface area contributed by atoms with E-state index in [4.69, 9.17) is 23.1 Å². The van der Waals surface area contributed by atoms with E-state index < -0.39 is 22.6 Å². The number of benzene rings is 1. The number of rotatable bonds is 3. The molecule has 1 aliphatic carbocycles. The number of hydrogen-bond donors (Lipinski definition) is 2. The van der Waals surface area contributed by atoms with Gasteiger partial charge in [-0.2, -0.15) is 0 Å². The SMILES string of the molecule is NC(=O)c1nc(N2CC3(CCC3)CC2=O)nc(-c2ccc(F)c(Cl)c2F)c1N. The molecule has 2 aromatic rings. The van der Waals surface area contributed by atoms with Gasteiger partial charge in [0.1, 0.15) is 16.5 Å². The van der Waals surface area contributed by atoms with Crippen molar-refractivity contribution in [3.05, 3.63) is 34.5 Å². The Kier molecular flexibility index (Phi) is 4.22. The van der Waals surface area contributed by atoms with Crippen LogP contribution in [0.25, 0.3) is 11.3 Å². The van der Waals surface area contributed by atoms with Crippen molar-refractivity contribution in [1.82, 2.24) is 9.97 Å². The van der Waals surface area contributed by atoms with E-state index in [9.17, 15) is 18.4 Å². The molecule has 7 nitrogen and oxygen atoms in total. The highest BCUT2D eigenvalue weighted by Crippen LogP contribution is 2.49. The fourth-order valence-corrected chi connectivity index (χ4v) is 3.93. The summed E-state index contributed by atoms with van der Waals surface area (Å²) in [4.78, 5) is 34.0. The summed E-state index contributed by atoms with van der Waals surface area (Å²) in [7, 11) is 0. The summed E-state index contributed by atoms with van der Waals surface area (Å²) in [6.07, 6.45) is 3.24. The first-order valence-electron chi connectivity index (χ1n) is 8.64. The second-order valence-electron chi connectivity index (χ2n) is 7.23. The van der Waals surface area contributed by atoms with Crippen LogP contribution in [0.15, 0.2) is 12.1 Å². The zero-order valence-corrected chi connectivity index (χ0v) is 15.4. The van der Waals surface area contributed by atoms with Crippen molar-refractivity contribution in [2.75, 3.05) is 17.2 Å². The molecule has 0 atom stereocenters. The van der Waals surface area contributed by atoms with Crippen LogP contribution in [-0.2, 0) is 4.79 Å². The van der Waals surface area contributed by atoms with Gasteiger partial charge in [0.25, 0.3) is 5.91 Å². The van der Waals surface area contributed by atoms with Gasteiger partial charge in [0.15, 0.2) is 11.5 Å². The average Bonchev–Trinajstić information content (AvgIpc) is 2.98. The highest BCUT2D eigenvalue weighted by molar-refractivity contribution is 6.31. The fourth-order valence-electron chi connectivity index (χ4n) is 3.77. The second-order valence-corrected chi connectivity index (χ2v) is 7.61. The second kappa shape index (κ2) is 6.37. The molecular formula is C18H16ClF2N5O2. The lowest BCUT2D eigenvalue weighted by atomic mass is 9.68. The quantitative estimate of drug-likeness (QED) is 0.759. The summed E-state index contributed by atoms with van der Waals surface area (Å²) in [6.45, 7) is 0.403. The number of halogens is 3. The van der Waals surface area contributed by atoms with Gasteiger partial charge < -0.3 is 11.5 Å². The molecule has 28 heavy (non-hydrogen) atoms. The van der Waals surface area contributed by atoms with Crippen molar-refractivity contribution < 1.29 is 18.4 Å². The number of primary amides is 1. The van der Waals surface area contributed by atoms with Gasteiger partial charge in [0.2, 0.25) is 11.9 Å².